The molecule has 1 fully saturated rings. The zero-order valence-corrected chi connectivity index (χ0v) is 7.88. The number of carbonyl (C=O) groups excluding carboxylic acids is 1. The van der Waals surface area contributed by atoms with E-state index in [4.69, 9.17) is 4.74 Å². The van der Waals surface area contributed by atoms with Gasteiger partial charge in [-0.05, 0) is 19.9 Å². The van der Waals surface area contributed by atoms with Crippen molar-refractivity contribution in [2.24, 2.45) is 0 Å². The molecule has 1 heterocycles. The molecule has 1 saturated heterocycles. The highest BCUT2D eigenvalue weighted by Crippen LogP contribution is 2.09. The molecular formula is C9H17NO2. The number of hydrogen-bond donors (Lipinski definition) is 0. The average molecular weight is 171 g/mol. The first-order valence-corrected chi connectivity index (χ1v) is 4.48. The van der Waals surface area contributed by atoms with Crippen molar-refractivity contribution in [1.82, 2.24) is 4.90 Å². The van der Waals surface area contributed by atoms with Gasteiger partial charge in [0.1, 0.15) is 5.78 Å². The number of likely N-dealkylation sites (tertiary alicyclic amines) is 1. The van der Waals surface area contributed by atoms with Gasteiger partial charge in [0, 0.05) is 19.6 Å². The van der Waals surface area contributed by atoms with Crippen molar-refractivity contribution in [3.8, 4) is 0 Å². The van der Waals surface area contributed by atoms with Gasteiger partial charge in [0.15, 0.2) is 0 Å². The summed E-state index contributed by atoms with van der Waals surface area (Å²) in [4.78, 5) is 13.3. The Morgan fingerprint density at radius 3 is 3.00 bits per heavy atom. The summed E-state index contributed by atoms with van der Waals surface area (Å²) in [6.07, 6.45) is 1.77. The predicted octanol–water partition coefficient (Wildman–Crippen LogP) is 0.686. The highest BCUT2D eigenvalue weighted by atomic mass is 16.5. The molecule has 0 N–H and O–H groups in total. The molecule has 0 aromatic rings. The van der Waals surface area contributed by atoms with Crippen LogP contribution in [-0.2, 0) is 9.53 Å². The predicted molar refractivity (Wildman–Crippen MR) is 47.2 cm³/mol. The van der Waals surface area contributed by atoms with Crippen LogP contribution in [-0.4, -0.2) is 43.5 Å². The van der Waals surface area contributed by atoms with E-state index in [1.165, 1.54) is 0 Å². The summed E-state index contributed by atoms with van der Waals surface area (Å²) in [5.41, 5.74) is 0. The van der Waals surface area contributed by atoms with Gasteiger partial charge < -0.3 is 4.74 Å². The molecule has 70 valence electrons. The van der Waals surface area contributed by atoms with Crippen LogP contribution in [0.1, 0.15) is 19.8 Å². The van der Waals surface area contributed by atoms with E-state index in [2.05, 4.69) is 11.8 Å². The van der Waals surface area contributed by atoms with Gasteiger partial charge in [0.25, 0.3) is 0 Å². The molecule has 3 heteroatoms. The first kappa shape index (κ1) is 9.68. The van der Waals surface area contributed by atoms with E-state index in [1.54, 1.807) is 7.11 Å². The van der Waals surface area contributed by atoms with Gasteiger partial charge in [0.2, 0.25) is 0 Å². The van der Waals surface area contributed by atoms with Gasteiger partial charge in [-0.1, -0.05) is 0 Å². The largest absolute Gasteiger partial charge is 0.383 e. The van der Waals surface area contributed by atoms with E-state index in [0.717, 1.165) is 19.4 Å². The van der Waals surface area contributed by atoms with Gasteiger partial charge in [-0.3, -0.25) is 9.69 Å². The summed E-state index contributed by atoms with van der Waals surface area (Å²) < 4.78 is 5.04. The zero-order chi connectivity index (χ0) is 8.97. The molecule has 1 unspecified atom stereocenters. The van der Waals surface area contributed by atoms with Crippen molar-refractivity contribution in [3.63, 3.8) is 0 Å². The minimum Gasteiger partial charge on any atom is -0.383 e. The molecule has 1 aliphatic rings. The lowest BCUT2D eigenvalue weighted by Crippen LogP contribution is -2.43. The SMILES string of the molecule is COCC(C)N1CCCC(=O)C1. The number of methoxy groups -OCH3 is 1. The molecule has 3 nitrogen and oxygen atoms in total. The summed E-state index contributed by atoms with van der Waals surface area (Å²) in [5, 5.41) is 0. The van der Waals surface area contributed by atoms with Gasteiger partial charge >= 0.3 is 0 Å². The Kier molecular flexibility index (Phi) is 3.69. The van der Waals surface area contributed by atoms with Crippen molar-refractivity contribution in [3.05, 3.63) is 0 Å². The number of ether oxygens (including phenoxy) is 1. The average Bonchev–Trinajstić information content (AvgIpc) is 2.05. The van der Waals surface area contributed by atoms with Crippen LogP contribution in [0.2, 0.25) is 0 Å². The Hall–Kier alpha value is -0.410. The van der Waals surface area contributed by atoms with E-state index >= 15 is 0 Å². The van der Waals surface area contributed by atoms with Crippen molar-refractivity contribution in [2.45, 2.75) is 25.8 Å². The maximum Gasteiger partial charge on any atom is 0.146 e. The van der Waals surface area contributed by atoms with Crippen LogP contribution in [0.5, 0.6) is 0 Å². The molecule has 1 aliphatic heterocycles. The third-order valence-electron chi connectivity index (χ3n) is 2.31. The smallest absolute Gasteiger partial charge is 0.146 e. The monoisotopic (exact) mass is 171 g/mol. The molecule has 0 spiro atoms. The fraction of sp³-hybridized carbons (Fsp3) is 0.889. The van der Waals surface area contributed by atoms with Crippen LogP contribution in [0.15, 0.2) is 0 Å². The maximum atomic E-state index is 11.1. The Bertz CT molecular complexity index is 159. The number of hydrogen-bond acceptors (Lipinski definition) is 3. The first-order chi connectivity index (χ1) is 5.74. The minimum atomic E-state index is 0.365. The third-order valence-corrected chi connectivity index (χ3v) is 2.31. The van der Waals surface area contributed by atoms with Gasteiger partial charge in [-0.25, -0.2) is 0 Å². The van der Waals surface area contributed by atoms with Crippen LogP contribution < -0.4 is 0 Å². The molecule has 0 aliphatic carbocycles. The molecule has 0 aromatic carbocycles. The van der Waals surface area contributed by atoms with E-state index in [1.807, 2.05) is 0 Å². The molecular weight excluding hydrogens is 154 g/mol. The Morgan fingerprint density at radius 1 is 1.67 bits per heavy atom. The second-order valence-corrected chi connectivity index (χ2v) is 3.42. The highest BCUT2D eigenvalue weighted by Gasteiger charge is 2.20. The number of nitrogens with zero attached hydrogens (tertiary/aromatic N) is 1. The maximum absolute atomic E-state index is 11.1. The summed E-state index contributed by atoms with van der Waals surface area (Å²) >= 11 is 0. The molecule has 1 rings (SSSR count). The van der Waals surface area contributed by atoms with Gasteiger partial charge in [-0.15, -0.1) is 0 Å². The lowest BCUT2D eigenvalue weighted by molar-refractivity contribution is -0.123. The first-order valence-electron chi connectivity index (χ1n) is 4.48. The molecule has 1 atom stereocenters. The van der Waals surface area contributed by atoms with Crippen molar-refractivity contribution in [1.29, 1.82) is 0 Å². The summed E-state index contributed by atoms with van der Waals surface area (Å²) in [6.45, 7) is 4.47. The molecule has 0 amide bonds. The fourth-order valence-corrected chi connectivity index (χ4v) is 1.59. The lowest BCUT2D eigenvalue weighted by atomic mass is 10.1. The zero-order valence-electron chi connectivity index (χ0n) is 7.88. The molecule has 0 bridgehead atoms. The molecule has 0 saturated carbocycles. The number of Topliss-reactive ketones (excluding diaryl/α,β-unsaturated/α-hetero) is 1. The van der Waals surface area contributed by atoms with E-state index in [0.29, 0.717) is 25.0 Å². The number of rotatable bonds is 3. The fourth-order valence-electron chi connectivity index (χ4n) is 1.59. The van der Waals surface area contributed by atoms with E-state index < -0.39 is 0 Å². The van der Waals surface area contributed by atoms with Gasteiger partial charge in [0.05, 0.1) is 13.2 Å². The number of piperidine rings is 1. The minimum absolute atomic E-state index is 0.365. The highest BCUT2D eigenvalue weighted by molar-refractivity contribution is 5.81. The second kappa shape index (κ2) is 4.58. The molecule has 0 radical (unpaired) electrons. The van der Waals surface area contributed by atoms with Crippen molar-refractivity contribution < 1.29 is 9.53 Å². The van der Waals surface area contributed by atoms with Gasteiger partial charge in [-0.2, -0.15) is 0 Å². The van der Waals surface area contributed by atoms with E-state index in [-0.39, 0.29) is 0 Å². The van der Waals surface area contributed by atoms with Crippen LogP contribution in [0.25, 0.3) is 0 Å². The normalized spacial score (nSPS) is 22.7. The van der Waals surface area contributed by atoms with E-state index in [9.17, 15) is 4.79 Å². The Balaban J connectivity index is 2.34. The second-order valence-electron chi connectivity index (χ2n) is 3.42. The van der Waals surface area contributed by atoms with Crippen LogP contribution in [0.4, 0.5) is 0 Å². The van der Waals surface area contributed by atoms with Crippen LogP contribution in [0.3, 0.4) is 0 Å². The number of carbonyl (C=O) groups is 1. The molecule has 0 aromatic heterocycles. The Labute approximate surface area is 73.7 Å². The van der Waals surface area contributed by atoms with Crippen LogP contribution >= 0.6 is 0 Å². The number of ketones is 1. The standard InChI is InChI=1S/C9H17NO2/c1-8(7-12-2)10-5-3-4-9(11)6-10/h8H,3-7H2,1-2H3. The summed E-state index contributed by atoms with van der Waals surface area (Å²) in [5.74, 6) is 0.365. The Morgan fingerprint density at radius 2 is 2.42 bits per heavy atom. The molecule has 12 heavy (non-hydrogen) atoms. The van der Waals surface area contributed by atoms with Crippen LogP contribution in [0, 0.1) is 0 Å². The quantitative estimate of drug-likeness (QED) is 0.625. The summed E-state index contributed by atoms with van der Waals surface area (Å²) in [7, 11) is 1.70. The summed E-state index contributed by atoms with van der Waals surface area (Å²) in [6, 6.07) is 0.374. The van der Waals surface area contributed by atoms with Crippen molar-refractivity contribution in [2.75, 3.05) is 26.8 Å². The third kappa shape index (κ3) is 2.57. The van der Waals surface area contributed by atoms with Crippen molar-refractivity contribution >= 4 is 5.78 Å². The lowest BCUT2D eigenvalue weighted by Gasteiger charge is -2.30. The topological polar surface area (TPSA) is 29.5 Å².